The van der Waals surface area contributed by atoms with Crippen LogP contribution in [0.2, 0.25) is 0 Å². The third-order valence-corrected chi connectivity index (χ3v) is 3.77. The van der Waals surface area contributed by atoms with Crippen molar-refractivity contribution in [3.05, 3.63) is 29.6 Å². The van der Waals surface area contributed by atoms with E-state index in [2.05, 4.69) is 26.8 Å². The largest absolute Gasteiger partial charge is 0.493 e. The van der Waals surface area contributed by atoms with Crippen LogP contribution in [0.15, 0.2) is 18.2 Å². The molecular weight excluding hydrogens is 250 g/mol. The van der Waals surface area contributed by atoms with E-state index in [1.807, 2.05) is 23.7 Å². The molecule has 1 aromatic carbocycles. The molecule has 1 aliphatic rings. The van der Waals surface area contributed by atoms with Crippen molar-refractivity contribution >= 4 is 5.82 Å². The molecule has 0 spiro atoms. The van der Waals surface area contributed by atoms with Crippen molar-refractivity contribution in [1.29, 1.82) is 0 Å². The molecule has 0 bridgehead atoms. The SMILES string of the molecule is Cn1c(C(C)(C)C)nc(-c2ccc3c(c2)CCO3)c1N. The summed E-state index contributed by atoms with van der Waals surface area (Å²) in [6, 6.07) is 6.20. The molecule has 3 rings (SSSR count). The van der Waals surface area contributed by atoms with Gasteiger partial charge in [0.05, 0.1) is 6.61 Å². The van der Waals surface area contributed by atoms with Crippen molar-refractivity contribution in [1.82, 2.24) is 9.55 Å². The van der Waals surface area contributed by atoms with Crippen molar-refractivity contribution in [3.63, 3.8) is 0 Å². The first kappa shape index (κ1) is 13.0. The fourth-order valence-electron chi connectivity index (χ4n) is 2.73. The number of nitrogen functional groups attached to an aromatic ring is 1. The first-order chi connectivity index (χ1) is 9.38. The van der Waals surface area contributed by atoms with Crippen molar-refractivity contribution in [2.45, 2.75) is 32.6 Å². The normalized spacial score (nSPS) is 14.2. The summed E-state index contributed by atoms with van der Waals surface area (Å²) in [5.74, 6) is 2.70. The number of benzene rings is 1. The van der Waals surface area contributed by atoms with Gasteiger partial charge in [-0.05, 0) is 23.8 Å². The van der Waals surface area contributed by atoms with E-state index in [9.17, 15) is 0 Å². The number of aromatic nitrogens is 2. The Hall–Kier alpha value is -1.97. The highest BCUT2D eigenvalue weighted by atomic mass is 16.5. The average molecular weight is 271 g/mol. The Labute approximate surface area is 119 Å². The molecule has 4 nitrogen and oxygen atoms in total. The van der Waals surface area contributed by atoms with Gasteiger partial charge in [-0.15, -0.1) is 0 Å². The number of anilines is 1. The molecule has 0 radical (unpaired) electrons. The first-order valence-corrected chi connectivity index (χ1v) is 6.96. The fraction of sp³-hybridized carbons (Fsp3) is 0.438. The van der Waals surface area contributed by atoms with Crippen LogP contribution in [-0.2, 0) is 18.9 Å². The lowest BCUT2D eigenvalue weighted by Crippen LogP contribution is -2.17. The minimum absolute atomic E-state index is 0.0268. The molecule has 1 aromatic heterocycles. The van der Waals surface area contributed by atoms with Crippen LogP contribution in [-0.4, -0.2) is 16.2 Å². The zero-order valence-electron chi connectivity index (χ0n) is 12.5. The molecule has 0 saturated heterocycles. The summed E-state index contributed by atoms with van der Waals surface area (Å²) in [7, 11) is 1.98. The van der Waals surface area contributed by atoms with Gasteiger partial charge in [-0.3, -0.25) is 0 Å². The molecule has 0 saturated carbocycles. The molecule has 0 fully saturated rings. The topological polar surface area (TPSA) is 53.1 Å². The van der Waals surface area contributed by atoms with Crippen LogP contribution < -0.4 is 10.5 Å². The maximum Gasteiger partial charge on any atom is 0.131 e. The second kappa shape index (κ2) is 4.27. The maximum absolute atomic E-state index is 6.25. The molecule has 0 unspecified atom stereocenters. The maximum atomic E-state index is 6.25. The second-order valence-electron chi connectivity index (χ2n) is 6.40. The Morgan fingerprint density at radius 1 is 1.30 bits per heavy atom. The highest BCUT2D eigenvalue weighted by molar-refractivity contribution is 5.72. The highest BCUT2D eigenvalue weighted by Crippen LogP contribution is 2.34. The summed E-state index contributed by atoms with van der Waals surface area (Å²) in [5.41, 5.74) is 9.40. The van der Waals surface area contributed by atoms with E-state index >= 15 is 0 Å². The summed E-state index contributed by atoms with van der Waals surface area (Å²) < 4.78 is 7.53. The van der Waals surface area contributed by atoms with Gasteiger partial charge in [-0.2, -0.15) is 0 Å². The van der Waals surface area contributed by atoms with Crippen LogP contribution >= 0.6 is 0 Å². The number of rotatable bonds is 1. The monoisotopic (exact) mass is 271 g/mol. The van der Waals surface area contributed by atoms with E-state index in [0.29, 0.717) is 5.82 Å². The van der Waals surface area contributed by atoms with E-state index in [-0.39, 0.29) is 5.41 Å². The number of fused-ring (bicyclic) bond motifs is 1. The van der Waals surface area contributed by atoms with E-state index in [1.54, 1.807) is 0 Å². The minimum atomic E-state index is -0.0268. The number of imidazole rings is 1. The Morgan fingerprint density at radius 3 is 2.70 bits per heavy atom. The molecule has 106 valence electrons. The van der Waals surface area contributed by atoms with Crippen LogP contribution in [0.4, 0.5) is 5.82 Å². The summed E-state index contributed by atoms with van der Waals surface area (Å²) in [6.45, 7) is 7.21. The average Bonchev–Trinajstić information content (AvgIpc) is 2.94. The van der Waals surface area contributed by atoms with Gasteiger partial charge in [-0.1, -0.05) is 20.8 Å². The van der Waals surface area contributed by atoms with Crippen LogP contribution in [0.3, 0.4) is 0 Å². The summed E-state index contributed by atoms with van der Waals surface area (Å²) in [5, 5.41) is 0. The summed E-state index contributed by atoms with van der Waals surface area (Å²) in [4.78, 5) is 4.77. The third kappa shape index (κ3) is 1.96. The molecule has 0 amide bonds. The predicted molar refractivity (Wildman–Crippen MR) is 81.0 cm³/mol. The van der Waals surface area contributed by atoms with Gasteiger partial charge in [0.15, 0.2) is 0 Å². The first-order valence-electron chi connectivity index (χ1n) is 6.96. The lowest BCUT2D eigenvalue weighted by atomic mass is 9.96. The van der Waals surface area contributed by atoms with Crippen LogP contribution in [0.5, 0.6) is 5.75 Å². The van der Waals surface area contributed by atoms with E-state index in [4.69, 9.17) is 15.5 Å². The lowest BCUT2D eigenvalue weighted by molar-refractivity contribution is 0.357. The van der Waals surface area contributed by atoms with Gasteiger partial charge >= 0.3 is 0 Å². The highest BCUT2D eigenvalue weighted by Gasteiger charge is 2.24. The Kier molecular flexibility index (Phi) is 2.78. The van der Waals surface area contributed by atoms with Crippen molar-refractivity contribution in [2.75, 3.05) is 12.3 Å². The van der Waals surface area contributed by atoms with Gasteiger partial charge < -0.3 is 15.0 Å². The summed E-state index contributed by atoms with van der Waals surface area (Å²) in [6.07, 6.45) is 0.960. The Balaban J connectivity index is 2.11. The number of nitrogens with zero attached hydrogens (tertiary/aromatic N) is 2. The molecule has 0 aliphatic carbocycles. The van der Waals surface area contributed by atoms with Gasteiger partial charge in [0.2, 0.25) is 0 Å². The number of hydrogen-bond donors (Lipinski definition) is 1. The fourth-order valence-corrected chi connectivity index (χ4v) is 2.73. The second-order valence-corrected chi connectivity index (χ2v) is 6.40. The number of ether oxygens (including phenoxy) is 1. The van der Waals surface area contributed by atoms with Crippen molar-refractivity contribution in [2.24, 2.45) is 7.05 Å². The number of nitrogens with two attached hydrogens (primary N) is 1. The minimum Gasteiger partial charge on any atom is -0.493 e. The van der Waals surface area contributed by atoms with Crippen LogP contribution in [0, 0.1) is 0 Å². The zero-order valence-corrected chi connectivity index (χ0v) is 12.5. The lowest BCUT2D eigenvalue weighted by Gasteiger charge is -2.17. The molecule has 2 aromatic rings. The van der Waals surface area contributed by atoms with Gasteiger partial charge in [0, 0.05) is 24.4 Å². The molecule has 4 heteroatoms. The number of hydrogen-bond acceptors (Lipinski definition) is 3. The quantitative estimate of drug-likeness (QED) is 0.867. The van der Waals surface area contributed by atoms with E-state index in [1.165, 1.54) is 5.56 Å². The van der Waals surface area contributed by atoms with Crippen LogP contribution in [0.25, 0.3) is 11.3 Å². The van der Waals surface area contributed by atoms with E-state index < -0.39 is 0 Å². The molecule has 0 atom stereocenters. The molecule has 2 N–H and O–H groups in total. The van der Waals surface area contributed by atoms with Gasteiger partial charge in [0.1, 0.15) is 23.1 Å². The Bertz CT molecular complexity index is 665. The molecule has 2 heterocycles. The summed E-state index contributed by atoms with van der Waals surface area (Å²) >= 11 is 0. The Morgan fingerprint density at radius 2 is 2.05 bits per heavy atom. The standard InChI is InChI=1S/C16H21N3O/c1-16(2,3)15-18-13(14(17)19(15)4)11-5-6-12-10(9-11)7-8-20-12/h5-6,9H,7-8,17H2,1-4H3. The molecule has 20 heavy (non-hydrogen) atoms. The van der Waals surface area contributed by atoms with Crippen molar-refractivity contribution < 1.29 is 4.74 Å². The molecule has 1 aliphatic heterocycles. The zero-order chi connectivity index (χ0) is 14.5. The van der Waals surface area contributed by atoms with Gasteiger partial charge in [0.25, 0.3) is 0 Å². The van der Waals surface area contributed by atoms with E-state index in [0.717, 1.165) is 35.9 Å². The predicted octanol–water partition coefficient (Wildman–Crippen LogP) is 2.90. The van der Waals surface area contributed by atoms with Crippen molar-refractivity contribution in [3.8, 4) is 17.0 Å². The van der Waals surface area contributed by atoms with Crippen LogP contribution in [0.1, 0.15) is 32.2 Å². The molecular formula is C16H21N3O. The van der Waals surface area contributed by atoms with Gasteiger partial charge in [-0.25, -0.2) is 4.98 Å². The smallest absolute Gasteiger partial charge is 0.131 e. The third-order valence-electron chi connectivity index (χ3n) is 3.77.